The molecule has 0 bridgehead atoms. The highest BCUT2D eigenvalue weighted by Crippen LogP contribution is 2.35. The molecule has 7 heteroatoms. The normalized spacial score (nSPS) is 17.6. The van der Waals surface area contributed by atoms with Crippen LogP contribution in [0.3, 0.4) is 0 Å². The molecular formula is C17H22N4O3. The molecule has 1 aliphatic rings. The third-order valence-corrected chi connectivity index (χ3v) is 4.25. The first-order valence-electron chi connectivity index (χ1n) is 8.01. The molecule has 2 heterocycles. The first-order valence-corrected chi connectivity index (χ1v) is 8.01. The van der Waals surface area contributed by atoms with Crippen LogP contribution >= 0.6 is 0 Å². The summed E-state index contributed by atoms with van der Waals surface area (Å²) in [7, 11) is 3.22. The van der Waals surface area contributed by atoms with Crippen LogP contribution in [0, 0.1) is 0 Å². The van der Waals surface area contributed by atoms with Crippen molar-refractivity contribution < 1.29 is 14.3 Å². The van der Waals surface area contributed by atoms with Crippen LogP contribution in [0.25, 0.3) is 10.9 Å². The molecule has 0 radical (unpaired) electrons. The molecule has 1 aromatic carbocycles. The minimum absolute atomic E-state index is 0.000742. The average Bonchev–Trinajstić information content (AvgIpc) is 2.59. The van der Waals surface area contributed by atoms with Crippen LogP contribution in [0.2, 0.25) is 0 Å². The molecule has 3 rings (SSSR count). The van der Waals surface area contributed by atoms with E-state index in [0.717, 1.165) is 42.7 Å². The molecule has 1 fully saturated rings. The van der Waals surface area contributed by atoms with Crippen molar-refractivity contribution in [1.29, 1.82) is 0 Å². The average molecular weight is 330 g/mol. The van der Waals surface area contributed by atoms with Crippen molar-refractivity contribution in [2.45, 2.75) is 25.8 Å². The van der Waals surface area contributed by atoms with Gasteiger partial charge in [-0.15, -0.1) is 0 Å². The zero-order chi connectivity index (χ0) is 17.1. The van der Waals surface area contributed by atoms with E-state index in [1.54, 1.807) is 27.5 Å². The van der Waals surface area contributed by atoms with Gasteiger partial charge in [0.05, 0.1) is 19.7 Å². The number of rotatable bonds is 4. The van der Waals surface area contributed by atoms with Crippen LogP contribution < -0.4 is 19.7 Å². The summed E-state index contributed by atoms with van der Waals surface area (Å²) < 4.78 is 10.7. The molecule has 24 heavy (non-hydrogen) atoms. The number of ether oxygens (including phenoxy) is 2. The maximum absolute atomic E-state index is 11.3. The molecule has 1 atom stereocenters. The van der Waals surface area contributed by atoms with Gasteiger partial charge in [0.25, 0.3) is 0 Å². The maximum Gasteiger partial charge on any atom is 0.217 e. The van der Waals surface area contributed by atoms with Gasteiger partial charge in [0, 0.05) is 37.5 Å². The number of methoxy groups -OCH3 is 2. The summed E-state index contributed by atoms with van der Waals surface area (Å²) in [6.07, 6.45) is 3.55. The fourth-order valence-electron chi connectivity index (χ4n) is 3.20. The molecule has 1 aliphatic heterocycles. The molecule has 2 aromatic rings. The van der Waals surface area contributed by atoms with E-state index >= 15 is 0 Å². The van der Waals surface area contributed by atoms with Gasteiger partial charge < -0.3 is 19.7 Å². The second-order valence-corrected chi connectivity index (χ2v) is 5.91. The minimum Gasteiger partial charge on any atom is -0.493 e. The van der Waals surface area contributed by atoms with Crippen LogP contribution in [-0.4, -0.2) is 49.2 Å². The van der Waals surface area contributed by atoms with E-state index in [9.17, 15) is 4.79 Å². The van der Waals surface area contributed by atoms with E-state index in [1.165, 1.54) is 0 Å². The SMILES string of the molecule is COc1cc2ncnc(N3CCCC(NC(C)=O)C3)c2cc1OC. The quantitative estimate of drug-likeness (QED) is 0.920. The lowest BCUT2D eigenvalue weighted by molar-refractivity contribution is -0.119. The smallest absolute Gasteiger partial charge is 0.217 e. The Labute approximate surface area is 141 Å². The summed E-state index contributed by atoms with van der Waals surface area (Å²) in [5.41, 5.74) is 0.805. The Morgan fingerprint density at radius 2 is 2.00 bits per heavy atom. The molecule has 1 saturated heterocycles. The number of hydrogen-bond acceptors (Lipinski definition) is 6. The van der Waals surface area contributed by atoms with Crippen molar-refractivity contribution in [3.63, 3.8) is 0 Å². The topological polar surface area (TPSA) is 76.6 Å². The Hall–Kier alpha value is -2.57. The Bertz CT molecular complexity index is 750. The molecule has 1 unspecified atom stereocenters. The number of carbonyl (C=O) groups is 1. The van der Waals surface area contributed by atoms with Crippen LogP contribution in [-0.2, 0) is 4.79 Å². The molecule has 0 aliphatic carbocycles. The van der Waals surface area contributed by atoms with Crippen LogP contribution in [0.5, 0.6) is 11.5 Å². The minimum atomic E-state index is 0.000742. The van der Waals surface area contributed by atoms with Gasteiger partial charge in [0.1, 0.15) is 12.1 Å². The van der Waals surface area contributed by atoms with Crippen LogP contribution in [0.4, 0.5) is 5.82 Å². The highest BCUT2D eigenvalue weighted by Gasteiger charge is 2.23. The highest BCUT2D eigenvalue weighted by molar-refractivity contribution is 5.92. The van der Waals surface area contributed by atoms with Gasteiger partial charge >= 0.3 is 0 Å². The molecule has 7 nitrogen and oxygen atoms in total. The Balaban J connectivity index is 1.98. The highest BCUT2D eigenvalue weighted by atomic mass is 16.5. The molecule has 1 aromatic heterocycles. The molecule has 1 N–H and O–H groups in total. The van der Waals surface area contributed by atoms with Crippen molar-refractivity contribution in [3.05, 3.63) is 18.5 Å². The lowest BCUT2D eigenvalue weighted by Gasteiger charge is -2.34. The molecule has 0 saturated carbocycles. The van der Waals surface area contributed by atoms with Gasteiger partial charge in [0.15, 0.2) is 11.5 Å². The first kappa shape index (κ1) is 16.3. The summed E-state index contributed by atoms with van der Waals surface area (Å²) in [4.78, 5) is 22.4. The molecular weight excluding hydrogens is 308 g/mol. The lowest BCUT2D eigenvalue weighted by atomic mass is 10.0. The van der Waals surface area contributed by atoms with E-state index in [-0.39, 0.29) is 11.9 Å². The van der Waals surface area contributed by atoms with Crippen molar-refractivity contribution in [2.24, 2.45) is 0 Å². The van der Waals surface area contributed by atoms with E-state index in [4.69, 9.17) is 9.47 Å². The maximum atomic E-state index is 11.3. The summed E-state index contributed by atoms with van der Waals surface area (Å²) >= 11 is 0. The predicted molar refractivity (Wildman–Crippen MR) is 91.7 cm³/mol. The number of nitrogens with zero attached hydrogens (tertiary/aromatic N) is 3. The Morgan fingerprint density at radius 3 is 2.71 bits per heavy atom. The fraction of sp³-hybridized carbons (Fsp3) is 0.471. The van der Waals surface area contributed by atoms with Crippen molar-refractivity contribution >= 4 is 22.6 Å². The third-order valence-electron chi connectivity index (χ3n) is 4.25. The largest absolute Gasteiger partial charge is 0.493 e. The number of aromatic nitrogens is 2. The summed E-state index contributed by atoms with van der Waals surface area (Å²) in [6, 6.07) is 3.90. The zero-order valence-electron chi connectivity index (χ0n) is 14.2. The van der Waals surface area contributed by atoms with Crippen LogP contribution in [0.15, 0.2) is 18.5 Å². The fourth-order valence-corrected chi connectivity index (χ4v) is 3.20. The number of nitrogens with one attached hydrogen (secondary N) is 1. The van der Waals surface area contributed by atoms with E-state index in [2.05, 4.69) is 20.2 Å². The second kappa shape index (κ2) is 6.90. The van der Waals surface area contributed by atoms with Gasteiger partial charge in [-0.3, -0.25) is 4.79 Å². The van der Waals surface area contributed by atoms with Crippen molar-refractivity contribution in [2.75, 3.05) is 32.2 Å². The van der Waals surface area contributed by atoms with Gasteiger partial charge in [0.2, 0.25) is 5.91 Å². The summed E-state index contributed by atoms with van der Waals surface area (Å²) in [5, 5.41) is 3.92. The zero-order valence-corrected chi connectivity index (χ0v) is 14.2. The van der Waals surface area contributed by atoms with Crippen molar-refractivity contribution in [1.82, 2.24) is 15.3 Å². The molecule has 0 spiro atoms. The van der Waals surface area contributed by atoms with Crippen LogP contribution in [0.1, 0.15) is 19.8 Å². The number of amides is 1. The Morgan fingerprint density at radius 1 is 1.25 bits per heavy atom. The van der Waals surface area contributed by atoms with Gasteiger partial charge in [-0.2, -0.15) is 0 Å². The van der Waals surface area contributed by atoms with Gasteiger partial charge in [-0.05, 0) is 18.9 Å². The number of fused-ring (bicyclic) bond motifs is 1. The van der Waals surface area contributed by atoms with Crippen molar-refractivity contribution in [3.8, 4) is 11.5 Å². The second-order valence-electron chi connectivity index (χ2n) is 5.91. The third kappa shape index (κ3) is 3.20. The Kier molecular flexibility index (Phi) is 4.69. The number of anilines is 1. The van der Waals surface area contributed by atoms with Gasteiger partial charge in [-0.1, -0.05) is 0 Å². The van der Waals surface area contributed by atoms with E-state index in [0.29, 0.717) is 11.5 Å². The monoisotopic (exact) mass is 330 g/mol. The molecule has 128 valence electrons. The number of hydrogen-bond donors (Lipinski definition) is 1. The summed E-state index contributed by atoms with van der Waals surface area (Å²) in [5.74, 6) is 2.15. The summed E-state index contributed by atoms with van der Waals surface area (Å²) in [6.45, 7) is 3.19. The number of piperidine rings is 1. The molecule has 1 amide bonds. The van der Waals surface area contributed by atoms with E-state index < -0.39 is 0 Å². The standard InChI is InChI=1S/C17H22N4O3/c1-11(22)20-12-5-4-6-21(9-12)17-13-7-15(23-2)16(24-3)8-14(13)18-10-19-17/h7-8,10,12H,4-6,9H2,1-3H3,(H,20,22). The number of benzene rings is 1. The number of carbonyl (C=O) groups excluding carboxylic acids is 1. The predicted octanol–water partition coefficient (Wildman–Crippen LogP) is 1.75. The first-order chi connectivity index (χ1) is 11.6. The lowest BCUT2D eigenvalue weighted by Crippen LogP contribution is -2.47. The van der Waals surface area contributed by atoms with E-state index in [1.807, 2.05) is 12.1 Å². The van der Waals surface area contributed by atoms with Gasteiger partial charge in [-0.25, -0.2) is 9.97 Å².